The van der Waals surface area contributed by atoms with Crippen LogP contribution in [0.15, 0.2) is 35.9 Å². The van der Waals surface area contributed by atoms with Crippen molar-refractivity contribution in [3.8, 4) is 0 Å². The molecule has 0 saturated heterocycles. The minimum atomic E-state index is 0.0828. The van der Waals surface area contributed by atoms with Gasteiger partial charge in [-0.3, -0.25) is 4.79 Å². The van der Waals surface area contributed by atoms with Crippen LogP contribution in [0.4, 0.5) is 0 Å². The maximum Gasteiger partial charge on any atom is 0.247 e. The van der Waals surface area contributed by atoms with Crippen molar-refractivity contribution in [1.29, 1.82) is 0 Å². The molecular formula is C18H25NO. The number of hydrogen-bond acceptors (Lipinski definition) is 1. The zero-order valence-corrected chi connectivity index (χ0v) is 12.4. The smallest absolute Gasteiger partial charge is 0.247 e. The average molecular weight is 271 g/mol. The van der Waals surface area contributed by atoms with E-state index in [9.17, 15) is 4.79 Å². The molecule has 0 atom stereocenters. The van der Waals surface area contributed by atoms with Crippen LogP contribution in [0.1, 0.15) is 57.4 Å². The maximum absolute atomic E-state index is 12.2. The summed E-state index contributed by atoms with van der Waals surface area (Å²) in [5.74, 6) is 0.0828. The second-order valence-corrected chi connectivity index (χ2v) is 5.75. The minimum absolute atomic E-state index is 0.0828. The number of carbonyl (C=O) groups excluding carboxylic acids is 1. The lowest BCUT2D eigenvalue weighted by Crippen LogP contribution is -2.35. The first-order chi connectivity index (χ1) is 9.75. The second-order valence-electron chi connectivity index (χ2n) is 5.75. The van der Waals surface area contributed by atoms with E-state index in [4.69, 9.17) is 0 Å². The Labute approximate surface area is 122 Å². The van der Waals surface area contributed by atoms with Gasteiger partial charge in [0.15, 0.2) is 0 Å². The molecule has 20 heavy (non-hydrogen) atoms. The van der Waals surface area contributed by atoms with Crippen LogP contribution in [0.5, 0.6) is 0 Å². The van der Waals surface area contributed by atoms with Crippen LogP contribution in [0.2, 0.25) is 0 Å². The summed E-state index contributed by atoms with van der Waals surface area (Å²) in [6.45, 7) is 1.89. The molecule has 0 radical (unpaired) electrons. The Kier molecular flexibility index (Phi) is 5.85. The van der Waals surface area contributed by atoms with Crippen molar-refractivity contribution >= 4 is 12.0 Å². The lowest BCUT2D eigenvalue weighted by atomic mass is 9.96. The summed E-state index contributed by atoms with van der Waals surface area (Å²) >= 11 is 0. The number of nitrogens with one attached hydrogen (secondary N) is 1. The third kappa shape index (κ3) is 4.84. The molecule has 0 aliphatic heterocycles. The first-order valence-corrected chi connectivity index (χ1v) is 7.80. The summed E-state index contributed by atoms with van der Waals surface area (Å²) in [7, 11) is 0. The molecule has 2 heteroatoms. The van der Waals surface area contributed by atoms with Crippen LogP contribution in [0.3, 0.4) is 0 Å². The summed E-state index contributed by atoms with van der Waals surface area (Å²) in [6, 6.07) is 10.4. The Balaban J connectivity index is 1.91. The van der Waals surface area contributed by atoms with E-state index in [-0.39, 0.29) is 5.91 Å². The Morgan fingerprint density at radius 1 is 1.05 bits per heavy atom. The van der Waals surface area contributed by atoms with Gasteiger partial charge in [0.1, 0.15) is 0 Å². The standard InChI is InChI=1S/C18H25NO/c1-15(14-16-10-6-5-7-11-16)18(20)19-17-12-8-3-2-4-9-13-17/h5-7,10-11,14,17H,2-4,8-9,12-13H2,1H3,(H,19,20)/b15-14+. The van der Waals surface area contributed by atoms with Crippen LogP contribution in [-0.2, 0) is 4.79 Å². The molecule has 2 rings (SSSR count). The van der Waals surface area contributed by atoms with E-state index in [1.807, 2.05) is 43.3 Å². The molecule has 1 fully saturated rings. The molecule has 2 nitrogen and oxygen atoms in total. The van der Waals surface area contributed by atoms with E-state index in [0.717, 1.165) is 24.0 Å². The summed E-state index contributed by atoms with van der Waals surface area (Å²) in [5.41, 5.74) is 1.87. The minimum Gasteiger partial charge on any atom is -0.350 e. The van der Waals surface area contributed by atoms with Crippen LogP contribution in [-0.4, -0.2) is 11.9 Å². The SMILES string of the molecule is C/C(=C\c1ccccc1)C(=O)NC1CCCCCCC1. The summed E-state index contributed by atoms with van der Waals surface area (Å²) in [5, 5.41) is 3.20. The molecule has 1 aliphatic carbocycles. The topological polar surface area (TPSA) is 29.1 Å². The van der Waals surface area contributed by atoms with E-state index >= 15 is 0 Å². The van der Waals surface area contributed by atoms with Gasteiger partial charge < -0.3 is 5.32 Å². The lowest BCUT2D eigenvalue weighted by Gasteiger charge is -2.21. The average Bonchev–Trinajstić information content (AvgIpc) is 2.42. The first-order valence-electron chi connectivity index (χ1n) is 7.80. The van der Waals surface area contributed by atoms with Gasteiger partial charge in [0, 0.05) is 11.6 Å². The summed E-state index contributed by atoms with van der Waals surface area (Å²) in [4.78, 5) is 12.2. The Morgan fingerprint density at radius 3 is 2.30 bits per heavy atom. The van der Waals surface area contributed by atoms with Gasteiger partial charge in [-0.2, -0.15) is 0 Å². The van der Waals surface area contributed by atoms with Crippen LogP contribution < -0.4 is 5.32 Å². The normalized spacial score (nSPS) is 18.1. The van der Waals surface area contributed by atoms with Gasteiger partial charge >= 0.3 is 0 Å². The highest BCUT2D eigenvalue weighted by Gasteiger charge is 2.14. The zero-order valence-electron chi connectivity index (χ0n) is 12.4. The molecule has 1 N–H and O–H groups in total. The van der Waals surface area contributed by atoms with Gasteiger partial charge in [0.2, 0.25) is 5.91 Å². The highest BCUT2D eigenvalue weighted by Crippen LogP contribution is 2.17. The summed E-state index contributed by atoms with van der Waals surface area (Å²) in [6.07, 6.45) is 10.7. The molecule has 0 bridgehead atoms. The van der Waals surface area contributed by atoms with E-state index < -0.39 is 0 Å². The van der Waals surface area contributed by atoms with E-state index in [2.05, 4.69) is 5.32 Å². The van der Waals surface area contributed by atoms with E-state index in [1.165, 1.54) is 32.1 Å². The second kappa shape index (κ2) is 7.88. The van der Waals surface area contributed by atoms with Gasteiger partial charge in [-0.25, -0.2) is 0 Å². The van der Waals surface area contributed by atoms with Gasteiger partial charge in [-0.05, 0) is 31.4 Å². The van der Waals surface area contributed by atoms with Crippen LogP contribution in [0.25, 0.3) is 6.08 Å². The molecule has 0 aromatic heterocycles. The van der Waals surface area contributed by atoms with Crippen molar-refractivity contribution in [3.05, 3.63) is 41.5 Å². The molecule has 0 heterocycles. The Bertz CT molecular complexity index is 442. The molecule has 0 spiro atoms. The van der Waals surface area contributed by atoms with Crippen molar-refractivity contribution in [2.75, 3.05) is 0 Å². The van der Waals surface area contributed by atoms with Crippen molar-refractivity contribution in [3.63, 3.8) is 0 Å². The molecular weight excluding hydrogens is 246 g/mol. The lowest BCUT2D eigenvalue weighted by molar-refractivity contribution is -0.118. The van der Waals surface area contributed by atoms with Crippen LogP contribution >= 0.6 is 0 Å². The third-order valence-corrected chi connectivity index (χ3v) is 3.98. The molecule has 108 valence electrons. The highest BCUT2D eigenvalue weighted by atomic mass is 16.1. The Hall–Kier alpha value is -1.57. The molecule has 1 aliphatic rings. The molecule has 0 unspecified atom stereocenters. The monoisotopic (exact) mass is 271 g/mol. The van der Waals surface area contributed by atoms with Crippen molar-refractivity contribution in [1.82, 2.24) is 5.32 Å². The van der Waals surface area contributed by atoms with Gasteiger partial charge in [0.05, 0.1) is 0 Å². The largest absolute Gasteiger partial charge is 0.350 e. The van der Waals surface area contributed by atoms with Crippen molar-refractivity contribution in [2.45, 2.75) is 57.9 Å². The van der Waals surface area contributed by atoms with Gasteiger partial charge in [0.25, 0.3) is 0 Å². The van der Waals surface area contributed by atoms with E-state index in [1.54, 1.807) is 0 Å². The number of rotatable bonds is 3. The van der Waals surface area contributed by atoms with Crippen LogP contribution in [0, 0.1) is 0 Å². The maximum atomic E-state index is 12.2. The summed E-state index contributed by atoms with van der Waals surface area (Å²) < 4.78 is 0. The quantitative estimate of drug-likeness (QED) is 0.815. The fraction of sp³-hybridized carbons (Fsp3) is 0.500. The zero-order chi connectivity index (χ0) is 14.2. The predicted molar refractivity (Wildman–Crippen MR) is 84.3 cm³/mol. The fourth-order valence-corrected chi connectivity index (χ4v) is 2.76. The van der Waals surface area contributed by atoms with Crippen molar-refractivity contribution in [2.24, 2.45) is 0 Å². The number of benzene rings is 1. The Morgan fingerprint density at radius 2 is 1.65 bits per heavy atom. The highest BCUT2D eigenvalue weighted by molar-refractivity contribution is 5.97. The molecule has 1 amide bonds. The van der Waals surface area contributed by atoms with Gasteiger partial charge in [-0.1, -0.05) is 62.4 Å². The number of amides is 1. The third-order valence-electron chi connectivity index (χ3n) is 3.98. The first kappa shape index (κ1) is 14.8. The van der Waals surface area contributed by atoms with Gasteiger partial charge in [-0.15, -0.1) is 0 Å². The fourth-order valence-electron chi connectivity index (χ4n) is 2.76. The number of carbonyl (C=O) groups is 1. The molecule has 1 aromatic carbocycles. The molecule has 1 aromatic rings. The predicted octanol–water partition coefficient (Wildman–Crippen LogP) is 4.32. The number of hydrogen-bond donors (Lipinski definition) is 1. The van der Waals surface area contributed by atoms with Crippen molar-refractivity contribution < 1.29 is 4.79 Å². The van der Waals surface area contributed by atoms with E-state index in [0.29, 0.717) is 6.04 Å². The molecule has 1 saturated carbocycles.